The van der Waals surface area contributed by atoms with Gasteiger partial charge in [0, 0.05) is 25.0 Å². The largest absolute Gasteiger partial charge is 0.336 e. The lowest BCUT2D eigenvalue weighted by molar-refractivity contribution is 0.291. The molecule has 0 saturated carbocycles. The molecule has 0 bridgehead atoms. The van der Waals surface area contributed by atoms with Crippen LogP contribution in [0, 0.1) is 5.41 Å². The Labute approximate surface area is 73.6 Å². The minimum absolute atomic E-state index is 0.157. The minimum atomic E-state index is 0.157. The Bertz CT molecular complexity index is 220. The van der Waals surface area contributed by atoms with Crippen molar-refractivity contribution in [2.45, 2.75) is 33.4 Å². The van der Waals surface area contributed by atoms with Gasteiger partial charge in [-0.1, -0.05) is 20.8 Å². The van der Waals surface area contributed by atoms with Crippen LogP contribution in [0.15, 0.2) is 18.7 Å². The first-order valence-corrected chi connectivity index (χ1v) is 4.21. The van der Waals surface area contributed by atoms with E-state index in [4.69, 9.17) is 5.73 Å². The van der Waals surface area contributed by atoms with E-state index in [1.54, 1.807) is 12.5 Å². The molecule has 0 aliphatic rings. The molecule has 0 aliphatic carbocycles. The fraction of sp³-hybridized carbons (Fsp3) is 0.667. The van der Waals surface area contributed by atoms with Gasteiger partial charge < -0.3 is 10.3 Å². The van der Waals surface area contributed by atoms with E-state index in [9.17, 15) is 0 Å². The average molecular weight is 167 g/mol. The zero-order valence-corrected chi connectivity index (χ0v) is 7.99. The lowest BCUT2D eigenvalue weighted by Crippen LogP contribution is -2.38. The monoisotopic (exact) mass is 167 g/mol. The third-order valence-electron chi connectivity index (χ3n) is 2.08. The normalized spacial score (nSPS) is 14.7. The zero-order valence-electron chi connectivity index (χ0n) is 7.99. The molecule has 0 spiro atoms. The van der Waals surface area contributed by atoms with Gasteiger partial charge in [0.05, 0.1) is 6.33 Å². The summed E-state index contributed by atoms with van der Waals surface area (Å²) in [4.78, 5) is 3.96. The molecule has 3 nitrogen and oxygen atoms in total. The molecule has 68 valence electrons. The van der Waals surface area contributed by atoms with Crippen molar-refractivity contribution in [1.82, 2.24) is 9.55 Å². The van der Waals surface area contributed by atoms with Gasteiger partial charge in [-0.25, -0.2) is 4.98 Å². The molecule has 1 heterocycles. The maximum atomic E-state index is 5.99. The summed E-state index contributed by atoms with van der Waals surface area (Å²) in [6, 6.07) is 0.173. The Morgan fingerprint density at radius 3 is 2.58 bits per heavy atom. The van der Waals surface area contributed by atoms with E-state index in [-0.39, 0.29) is 11.5 Å². The second-order valence-electron chi connectivity index (χ2n) is 4.23. The Hall–Kier alpha value is -0.830. The molecule has 3 heteroatoms. The van der Waals surface area contributed by atoms with Gasteiger partial charge >= 0.3 is 0 Å². The summed E-state index contributed by atoms with van der Waals surface area (Å²) in [7, 11) is 0. The highest BCUT2D eigenvalue weighted by molar-refractivity contribution is 4.81. The molecule has 0 aromatic carbocycles. The van der Waals surface area contributed by atoms with Crippen molar-refractivity contribution in [3.63, 3.8) is 0 Å². The molecule has 1 rings (SSSR count). The van der Waals surface area contributed by atoms with Crippen molar-refractivity contribution in [3.05, 3.63) is 18.7 Å². The van der Waals surface area contributed by atoms with Gasteiger partial charge in [0.1, 0.15) is 0 Å². The molecule has 0 fully saturated rings. The second-order valence-corrected chi connectivity index (χ2v) is 4.23. The molecule has 1 unspecified atom stereocenters. The van der Waals surface area contributed by atoms with Crippen molar-refractivity contribution in [1.29, 1.82) is 0 Å². The standard InChI is InChI=1S/C9H17N3/c1-9(2,3)8(10)6-12-5-4-11-7-12/h4-5,7-8H,6,10H2,1-3H3. The van der Waals surface area contributed by atoms with Gasteiger partial charge in [0.2, 0.25) is 0 Å². The van der Waals surface area contributed by atoms with Gasteiger partial charge in [-0.05, 0) is 5.41 Å². The van der Waals surface area contributed by atoms with Crippen molar-refractivity contribution < 1.29 is 0 Å². The van der Waals surface area contributed by atoms with Crippen LogP contribution in [0.25, 0.3) is 0 Å². The first-order valence-electron chi connectivity index (χ1n) is 4.21. The van der Waals surface area contributed by atoms with Crippen LogP contribution in [0.5, 0.6) is 0 Å². The van der Waals surface area contributed by atoms with Gasteiger partial charge in [0.15, 0.2) is 0 Å². The Morgan fingerprint density at radius 2 is 2.17 bits per heavy atom. The Kier molecular flexibility index (Phi) is 2.52. The Morgan fingerprint density at radius 1 is 1.50 bits per heavy atom. The predicted octanol–water partition coefficient (Wildman–Crippen LogP) is 1.26. The van der Waals surface area contributed by atoms with E-state index in [1.165, 1.54) is 0 Å². The number of rotatable bonds is 2. The molecule has 12 heavy (non-hydrogen) atoms. The van der Waals surface area contributed by atoms with E-state index in [1.807, 2.05) is 10.8 Å². The van der Waals surface area contributed by atoms with Crippen LogP contribution in [0.3, 0.4) is 0 Å². The van der Waals surface area contributed by atoms with E-state index in [2.05, 4.69) is 25.8 Å². The van der Waals surface area contributed by atoms with Gasteiger partial charge in [-0.3, -0.25) is 0 Å². The summed E-state index contributed by atoms with van der Waals surface area (Å²) in [5.74, 6) is 0. The number of imidazole rings is 1. The zero-order chi connectivity index (χ0) is 9.19. The lowest BCUT2D eigenvalue weighted by atomic mass is 9.87. The molecule has 1 aromatic rings. The number of nitrogens with zero attached hydrogens (tertiary/aromatic N) is 2. The summed E-state index contributed by atoms with van der Waals surface area (Å²) in [6.07, 6.45) is 5.51. The smallest absolute Gasteiger partial charge is 0.0946 e. The summed E-state index contributed by atoms with van der Waals surface area (Å²) < 4.78 is 2.01. The molecule has 0 radical (unpaired) electrons. The molecule has 0 saturated heterocycles. The third-order valence-corrected chi connectivity index (χ3v) is 2.08. The van der Waals surface area contributed by atoms with Crippen LogP contribution in [-0.2, 0) is 6.54 Å². The van der Waals surface area contributed by atoms with Gasteiger partial charge in [-0.15, -0.1) is 0 Å². The van der Waals surface area contributed by atoms with Crippen molar-refractivity contribution >= 4 is 0 Å². The highest BCUT2D eigenvalue weighted by Crippen LogP contribution is 2.18. The Balaban J connectivity index is 2.53. The predicted molar refractivity (Wildman–Crippen MR) is 49.7 cm³/mol. The van der Waals surface area contributed by atoms with E-state index in [0.29, 0.717) is 0 Å². The number of nitrogens with two attached hydrogens (primary N) is 1. The molecular formula is C9H17N3. The lowest BCUT2D eigenvalue weighted by Gasteiger charge is -2.27. The maximum absolute atomic E-state index is 5.99. The summed E-state index contributed by atoms with van der Waals surface area (Å²) in [5, 5.41) is 0. The fourth-order valence-electron chi connectivity index (χ4n) is 0.896. The van der Waals surface area contributed by atoms with Crippen LogP contribution in [0.1, 0.15) is 20.8 Å². The topological polar surface area (TPSA) is 43.8 Å². The fourth-order valence-corrected chi connectivity index (χ4v) is 0.896. The molecule has 2 N–H and O–H groups in total. The van der Waals surface area contributed by atoms with Gasteiger partial charge in [0.25, 0.3) is 0 Å². The number of aromatic nitrogens is 2. The van der Waals surface area contributed by atoms with Crippen LogP contribution >= 0.6 is 0 Å². The molecule has 0 aliphatic heterocycles. The molecule has 1 atom stereocenters. The van der Waals surface area contributed by atoms with E-state index < -0.39 is 0 Å². The number of hydrogen-bond donors (Lipinski definition) is 1. The molecule has 0 amide bonds. The highest BCUT2D eigenvalue weighted by Gasteiger charge is 2.20. The van der Waals surface area contributed by atoms with Gasteiger partial charge in [-0.2, -0.15) is 0 Å². The number of hydrogen-bond acceptors (Lipinski definition) is 2. The highest BCUT2D eigenvalue weighted by atomic mass is 15.0. The van der Waals surface area contributed by atoms with Crippen molar-refractivity contribution in [3.8, 4) is 0 Å². The first-order chi connectivity index (χ1) is 5.50. The van der Waals surface area contributed by atoms with E-state index in [0.717, 1.165) is 6.54 Å². The maximum Gasteiger partial charge on any atom is 0.0946 e. The second kappa shape index (κ2) is 3.27. The minimum Gasteiger partial charge on any atom is -0.336 e. The van der Waals surface area contributed by atoms with E-state index >= 15 is 0 Å². The van der Waals surface area contributed by atoms with Crippen LogP contribution in [-0.4, -0.2) is 15.6 Å². The quantitative estimate of drug-likeness (QED) is 0.720. The third kappa shape index (κ3) is 2.34. The van der Waals surface area contributed by atoms with Crippen LogP contribution in [0.4, 0.5) is 0 Å². The average Bonchev–Trinajstić information content (AvgIpc) is 2.37. The first kappa shape index (κ1) is 9.26. The van der Waals surface area contributed by atoms with Crippen LogP contribution in [0.2, 0.25) is 0 Å². The van der Waals surface area contributed by atoms with Crippen molar-refractivity contribution in [2.24, 2.45) is 11.1 Å². The molecule has 1 aromatic heterocycles. The van der Waals surface area contributed by atoms with Crippen molar-refractivity contribution in [2.75, 3.05) is 0 Å². The molecular weight excluding hydrogens is 150 g/mol. The SMILES string of the molecule is CC(C)(C)C(N)Cn1ccnc1. The summed E-state index contributed by atoms with van der Waals surface area (Å²) >= 11 is 0. The summed E-state index contributed by atoms with van der Waals surface area (Å²) in [6.45, 7) is 7.28. The van der Waals surface area contributed by atoms with Crippen LogP contribution < -0.4 is 5.73 Å². The summed E-state index contributed by atoms with van der Waals surface area (Å²) in [5.41, 5.74) is 6.15.